The Balaban J connectivity index is 0.00000324. The topological polar surface area (TPSA) is 128 Å². The number of aromatic carboxylic acids is 1. The summed E-state index contributed by atoms with van der Waals surface area (Å²) in [5.74, 6) is -0.793. The molecule has 0 unspecified atom stereocenters. The van der Waals surface area contributed by atoms with E-state index in [0.29, 0.717) is 17.0 Å². The van der Waals surface area contributed by atoms with Gasteiger partial charge < -0.3 is 24.6 Å². The number of carboxylic acid groups (broad SMARTS) is 1. The van der Waals surface area contributed by atoms with Gasteiger partial charge in [-0.15, -0.1) is 0 Å². The fourth-order valence-electron chi connectivity index (χ4n) is 3.08. The normalized spacial score (nSPS) is 11.6. The van der Waals surface area contributed by atoms with Gasteiger partial charge in [-0.3, -0.25) is 14.6 Å². The van der Waals surface area contributed by atoms with E-state index >= 15 is 0 Å². The number of hydrogen-bond acceptors (Lipinski definition) is 6. The predicted molar refractivity (Wildman–Crippen MR) is 120 cm³/mol. The van der Waals surface area contributed by atoms with Crippen molar-refractivity contribution in [2.45, 2.75) is 6.61 Å². The third kappa shape index (κ3) is 6.41. The van der Waals surface area contributed by atoms with Crippen molar-refractivity contribution in [2.75, 3.05) is 0 Å². The monoisotopic (exact) mass is 463 g/mol. The summed E-state index contributed by atoms with van der Waals surface area (Å²) in [6.07, 6.45) is 4.52. The number of carboxylic acids is 1. The second-order valence-corrected chi connectivity index (χ2v) is 7.13. The molecule has 0 aliphatic rings. The molecule has 0 fully saturated rings. The van der Waals surface area contributed by atoms with Gasteiger partial charge in [0, 0.05) is 0 Å². The molecule has 2 aromatic heterocycles. The van der Waals surface area contributed by atoms with Crippen molar-refractivity contribution in [2.24, 2.45) is 0 Å². The van der Waals surface area contributed by atoms with Crippen molar-refractivity contribution in [3.8, 4) is 5.75 Å². The molecule has 9 heteroatoms. The number of aromatic amines is 2. The number of rotatable bonds is 6. The number of hydrogen-bond donors (Lipinski definition) is 2. The summed E-state index contributed by atoms with van der Waals surface area (Å²) in [6, 6.07) is 18.8. The number of nitrogens with one attached hydrogen (secondary N) is 2. The molecule has 0 saturated heterocycles. The molecule has 34 heavy (non-hydrogen) atoms. The SMILES string of the molecule is O=C([O-])c1cccc(COc2ccc(/C=c3\[nH]c(=O)/c(=C/c4ccccc4)[nH]c3=O)nc2)c1.[Na+]. The van der Waals surface area contributed by atoms with Gasteiger partial charge in [-0.1, -0.05) is 48.5 Å². The molecule has 164 valence electrons. The second-order valence-electron chi connectivity index (χ2n) is 7.13. The molecule has 0 aliphatic heterocycles. The van der Waals surface area contributed by atoms with Crippen molar-refractivity contribution in [3.05, 3.63) is 127 Å². The smallest absolute Gasteiger partial charge is 0.545 e. The van der Waals surface area contributed by atoms with E-state index in [1.807, 2.05) is 30.3 Å². The van der Waals surface area contributed by atoms with Crippen molar-refractivity contribution >= 4 is 18.1 Å². The first-order chi connectivity index (χ1) is 16.0. The average molecular weight is 463 g/mol. The Morgan fingerprint density at radius 2 is 1.62 bits per heavy atom. The zero-order valence-corrected chi connectivity index (χ0v) is 20.3. The van der Waals surface area contributed by atoms with E-state index < -0.39 is 17.1 Å². The molecule has 0 spiro atoms. The number of ether oxygens (including phenoxy) is 1. The third-order valence-electron chi connectivity index (χ3n) is 4.72. The van der Waals surface area contributed by atoms with E-state index in [1.54, 1.807) is 30.3 Å². The van der Waals surface area contributed by atoms with Crippen molar-refractivity contribution in [3.63, 3.8) is 0 Å². The first kappa shape index (κ1) is 24.9. The van der Waals surface area contributed by atoms with Crippen molar-refractivity contribution in [1.82, 2.24) is 15.0 Å². The molecule has 0 saturated carbocycles. The van der Waals surface area contributed by atoms with E-state index in [4.69, 9.17) is 4.74 Å². The van der Waals surface area contributed by atoms with Crippen LogP contribution in [0.25, 0.3) is 12.2 Å². The van der Waals surface area contributed by atoms with Gasteiger partial charge in [-0.05, 0) is 47.0 Å². The number of aromatic nitrogens is 3. The summed E-state index contributed by atoms with van der Waals surface area (Å²) in [7, 11) is 0. The Bertz CT molecular complexity index is 1530. The summed E-state index contributed by atoms with van der Waals surface area (Å²) in [5, 5.41) is 11.2. The number of pyridine rings is 1. The van der Waals surface area contributed by atoms with Gasteiger partial charge in [0.2, 0.25) is 0 Å². The van der Waals surface area contributed by atoms with Crippen LogP contribution in [0.15, 0.2) is 82.5 Å². The first-order valence-corrected chi connectivity index (χ1v) is 9.98. The van der Waals surface area contributed by atoms with Gasteiger partial charge in [0.15, 0.2) is 0 Å². The third-order valence-corrected chi connectivity index (χ3v) is 4.72. The maximum Gasteiger partial charge on any atom is 1.00 e. The van der Waals surface area contributed by atoms with E-state index in [2.05, 4.69) is 15.0 Å². The first-order valence-electron chi connectivity index (χ1n) is 9.98. The summed E-state index contributed by atoms with van der Waals surface area (Å²) in [4.78, 5) is 45.1. The maximum absolute atomic E-state index is 12.4. The molecule has 4 rings (SSSR count). The van der Waals surface area contributed by atoms with E-state index in [9.17, 15) is 19.5 Å². The van der Waals surface area contributed by atoms with Gasteiger partial charge in [-0.2, -0.15) is 0 Å². The van der Waals surface area contributed by atoms with E-state index in [1.165, 1.54) is 24.4 Å². The second kappa shape index (κ2) is 11.4. The standard InChI is InChI=1S/C25H19N3O5.Na/c29-23-21(12-16-5-2-1-3-6-16)27-24(30)22(28-23)13-19-9-10-20(14-26-19)33-15-17-7-4-8-18(11-17)25(31)32;/h1-14H,15H2,(H,27,30)(H,28,29)(H,31,32);/q;+1/p-1/b21-12-,22-13-;. The summed E-state index contributed by atoms with van der Waals surface area (Å²) >= 11 is 0. The minimum Gasteiger partial charge on any atom is -0.545 e. The number of carbonyl (C=O) groups excluding carboxylic acids is 1. The quantitative estimate of drug-likeness (QED) is 0.295. The minimum absolute atomic E-state index is 0. The largest absolute Gasteiger partial charge is 1.00 e. The van der Waals surface area contributed by atoms with Crippen LogP contribution >= 0.6 is 0 Å². The van der Waals surface area contributed by atoms with Crippen LogP contribution in [0.2, 0.25) is 0 Å². The molecule has 0 bridgehead atoms. The van der Waals surface area contributed by atoms with Crippen LogP contribution in [0.5, 0.6) is 5.75 Å². The molecule has 2 N–H and O–H groups in total. The number of carbonyl (C=O) groups is 1. The molecule has 2 heterocycles. The molecular formula is C25H18N3NaO5. The Hall–Kier alpha value is -3.72. The fraction of sp³-hybridized carbons (Fsp3) is 0.0400. The van der Waals surface area contributed by atoms with Gasteiger partial charge in [0.25, 0.3) is 11.1 Å². The molecule has 0 atom stereocenters. The number of nitrogens with zero attached hydrogens (tertiary/aromatic N) is 1. The summed E-state index contributed by atoms with van der Waals surface area (Å²) < 4.78 is 5.63. The maximum atomic E-state index is 12.4. The Kier molecular flexibility index (Phi) is 8.37. The van der Waals surface area contributed by atoms with Gasteiger partial charge in [0.1, 0.15) is 23.1 Å². The van der Waals surface area contributed by atoms with Crippen molar-refractivity contribution < 1.29 is 44.2 Å². The van der Waals surface area contributed by atoms with E-state index in [-0.39, 0.29) is 52.4 Å². The predicted octanol–water partition coefficient (Wildman–Crippen LogP) is -2.94. The molecule has 2 aromatic carbocycles. The molecule has 0 amide bonds. The molecular weight excluding hydrogens is 445 g/mol. The van der Waals surface area contributed by atoms with Crippen LogP contribution in [0.3, 0.4) is 0 Å². The minimum atomic E-state index is -1.25. The number of benzene rings is 2. The number of H-pyrrole nitrogens is 2. The van der Waals surface area contributed by atoms with E-state index in [0.717, 1.165) is 5.56 Å². The zero-order valence-electron chi connectivity index (χ0n) is 18.3. The summed E-state index contributed by atoms with van der Waals surface area (Å²) in [6.45, 7) is 0.151. The van der Waals surface area contributed by atoms with Crippen molar-refractivity contribution in [1.29, 1.82) is 0 Å². The Morgan fingerprint density at radius 3 is 2.26 bits per heavy atom. The molecule has 0 aliphatic carbocycles. The molecule has 0 radical (unpaired) electrons. The van der Waals surface area contributed by atoms with Gasteiger partial charge in [0.05, 0.1) is 17.9 Å². The van der Waals surface area contributed by atoms with Gasteiger partial charge in [-0.25, -0.2) is 0 Å². The van der Waals surface area contributed by atoms with Crippen LogP contribution in [0, 0.1) is 0 Å². The van der Waals surface area contributed by atoms with Crippen LogP contribution in [0.1, 0.15) is 27.2 Å². The molecule has 8 nitrogen and oxygen atoms in total. The van der Waals surface area contributed by atoms with Crippen LogP contribution in [-0.2, 0) is 6.61 Å². The van der Waals surface area contributed by atoms with Gasteiger partial charge >= 0.3 is 29.6 Å². The summed E-state index contributed by atoms with van der Waals surface area (Å²) in [5.41, 5.74) is 1.10. The average Bonchev–Trinajstić information content (AvgIpc) is 2.82. The Labute approximate surface area is 215 Å². The van der Waals surface area contributed by atoms with Crippen LogP contribution in [0.4, 0.5) is 0 Å². The van der Waals surface area contributed by atoms with Crippen LogP contribution < -0.4 is 61.2 Å². The molecule has 4 aromatic rings. The zero-order chi connectivity index (χ0) is 23.2. The fourth-order valence-corrected chi connectivity index (χ4v) is 3.08. The van der Waals surface area contributed by atoms with Crippen LogP contribution in [-0.4, -0.2) is 20.9 Å². The Morgan fingerprint density at radius 1 is 0.912 bits per heavy atom.